The van der Waals surface area contributed by atoms with E-state index in [1.807, 2.05) is 6.92 Å². The van der Waals surface area contributed by atoms with Crippen molar-refractivity contribution >= 4 is 17.9 Å². The highest BCUT2D eigenvalue weighted by Gasteiger charge is 2.18. The zero-order chi connectivity index (χ0) is 13.5. The van der Waals surface area contributed by atoms with E-state index in [-0.39, 0.29) is 19.3 Å². The van der Waals surface area contributed by atoms with Gasteiger partial charge in [0.05, 0.1) is 0 Å². The predicted octanol–water partition coefficient (Wildman–Crippen LogP) is 1.13. The van der Waals surface area contributed by atoms with E-state index in [9.17, 15) is 14.4 Å². The van der Waals surface area contributed by atoms with Crippen molar-refractivity contribution < 1.29 is 19.5 Å². The van der Waals surface area contributed by atoms with Crippen LogP contribution in [0.15, 0.2) is 11.6 Å². The number of urea groups is 1. The lowest BCUT2D eigenvalue weighted by Crippen LogP contribution is -2.44. The summed E-state index contributed by atoms with van der Waals surface area (Å²) in [5, 5.41) is 10.7. The molecule has 0 aliphatic carbocycles. The Labute approximate surface area is 106 Å². The van der Waals surface area contributed by atoms with Crippen molar-refractivity contribution in [3.8, 4) is 0 Å². The van der Waals surface area contributed by atoms with E-state index in [0.29, 0.717) is 13.1 Å². The van der Waals surface area contributed by atoms with Crippen molar-refractivity contribution in [1.82, 2.24) is 10.2 Å². The molecule has 0 unspecified atom stereocenters. The number of nitrogens with one attached hydrogen (secondary N) is 1. The molecule has 1 heterocycles. The Balaban J connectivity index is 2.29. The summed E-state index contributed by atoms with van der Waals surface area (Å²) in [7, 11) is 0. The maximum absolute atomic E-state index is 11.7. The molecule has 0 atom stereocenters. The Hall–Kier alpha value is -1.85. The molecule has 0 spiro atoms. The molecule has 0 aromatic carbocycles. The van der Waals surface area contributed by atoms with E-state index in [1.165, 1.54) is 0 Å². The summed E-state index contributed by atoms with van der Waals surface area (Å²) in [6.07, 6.45) is 3.10. The minimum atomic E-state index is -0.939. The van der Waals surface area contributed by atoms with Gasteiger partial charge in [0, 0.05) is 25.9 Å². The molecule has 18 heavy (non-hydrogen) atoms. The molecule has 6 heteroatoms. The van der Waals surface area contributed by atoms with Crippen LogP contribution in [0.4, 0.5) is 4.79 Å². The first-order chi connectivity index (χ1) is 8.49. The van der Waals surface area contributed by atoms with Crippen LogP contribution in [0.2, 0.25) is 0 Å². The lowest BCUT2D eigenvalue weighted by Gasteiger charge is -2.25. The molecule has 3 amide bonds. The number of amides is 3. The number of aliphatic carboxylic acids is 1. The van der Waals surface area contributed by atoms with Crippen molar-refractivity contribution in [3.05, 3.63) is 11.6 Å². The Morgan fingerprint density at radius 2 is 2.11 bits per heavy atom. The summed E-state index contributed by atoms with van der Waals surface area (Å²) in [4.78, 5) is 34.9. The number of rotatable bonds is 4. The van der Waals surface area contributed by atoms with Gasteiger partial charge in [-0.3, -0.25) is 14.9 Å². The quantitative estimate of drug-likeness (QED) is 0.736. The van der Waals surface area contributed by atoms with E-state index >= 15 is 0 Å². The maximum atomic E-state index is 11.7. The maximum Gasteiger partial charge on any atom is 0.324 e. The van der Waals surface area contributed by atoms with Gasteiger partial charge in [-0.1, -0.05) is 11.6 Å². The molecule has 1 aliphatic rings. The van der Waals surface area contributed by atoms with Gasteiger partial charge in [0.15, 0.2) is 0 Å². The first kappa shape index (κ1) is 14.2. The highest BCUT2D eigenvalue weighted by atomic mass is 16.4. The van der Waals surface area contributed by atoms with Crippen molar-refractivity contribution in [1.29, 1.82) is 0 Å². The number of imide groups is 1. The van der Waals surface area contributed by atoms with Crippen molar-refractivity contribution in [2.45, 2.75) is 32.6 Å². The summed E-state index contributed by atoms with van der Waals surface area (Å²) >= 11 is 0. The fourth-order valence-electron chi connectivity index (χ4n) is 1.75. The highest BCUT2D eigenvalue weighted by Crippen LogP contribution is 2.08. The molecular formula is C12H18N2O4. The van der Waals surface area contributed by atoms with E-state index < -0.39 is 17.9 Å². The molecule has 1 rings (SSSR count). The van der Waals surface area contributed by atoms with Gasteiger partial charge in [0.25, 0.3) is 0 Å². The Morgan fingerprint density at radius 3 is 2.72 bits per heavy atom. The Bertz CT molecular complexity index is 376. The third-order valence-electron chi connectivity index (χ3n) is 2.66. The van der Waals surface area contributed by atoms with Crippen molar-refractivity contribution in [2.24, 2.45) is 0 Å². The van der Waals surface area contributed by atoms with E-state index in [4.69, 9.17) is 5.11 Å². The first-order valence-corrected chi connectivity index (χ1v) is 5.95. The second-order valence-corrected chi connectivity index (χ2v) is 4.36. The highest BCUT2D eigenvalue weighted by molar-refractivity contribution is 5.94. The molecule has 6 nitrogen and oxygen atoms in total. The second kappa shape index (κ2) is 6.78. The normalized spacial score (nSPS) is 14.9. The molecule has 0 saturated heterocycles. The van der Waals surface area contributed by atoms with Gasteiger partial charge < -0.3 is 10.0 Å². The van der Waals surface area contributed by atoms with Gasteiger partial charge in [-0.25, -0.2) is 4.79 Å². The molecule has 0 fully saturated rings. The van der Waals surface area contributed by atoms with Crippen LogP contribution in [-0.2, 0) is 9.59 Å². The first-order valence-electron chi connectivity index (χ1n) is 5.95. The molecule has 100 valence electrons. The number of carbonyl (C=O) groups is 3. The van der Waals surface area contributed by atoms with E-state index in [2.05, 4.69) is 11.4 Å². The zero-order valence-electron chi connectivity index (χ0n) is 10.4. The molecule has 2 N–H and O–H groups in total. The number of carbonyl (C=O) groups excluding carboxylic acids is 2. The minimum Gasteiger partial charge on any atom is -0.481 e. The number of carboxylic acids is 1. The van der Waals surface area contributed by atoms with Crippen LogP contribution in [-0.4, -0.2) is 41.0 Å². The fourth-order valence-corrected chi connectivity index (χ4v) is 1.75. The topological polar surface area (TPSA) is 86.7 Å². The Kier molecular flexibility index (Phi) is 5.35. The number of hydrogen-bond acceptors (Lipinski definition) is 3. The number of hydrogen-bond donors (Lipinski definition) is 2. The number of carboxylic acid groups (broad SMARTS) is 1. The monoisotopic (exact) mass is 254 g/mol. The molecular weight excluding hydrogens is 236 g/mol. The van der Waals surface area contributed by atoms with Gasteiger partial charge in [-0.2, -0.15) is 0 Å². The largest absolute Gasteiger partial charge is 0.481 e. The lowest BCUT2D eigenvalue weighted by atomic mass is 10.1. The summed E-state index contributed by atoms with van der Waals surface area (Å²) in [5.41, 5.74) is 1.11. The summed E-state index contributed by atoms with van der Waals surface area (Å²) in [5.74, 6) is -1.36. The van der Waals surface area contributed by atoms with Crippen LogP contribution < -0.4 is 5.32 Å². The molecule has 0 aromatic rings. The van der Waals surface area contributed by atoms with E-state index in [0.717, 1.165) is 12.0 Å². The van der Waals surface area contributed by atoms with Gasteiger partial charge in [0.1, 0.15) is 0 Å². The van der Waals surface area contributed by atoms with Crippen LogP contribution >= 0.6 is 0 Å². The average molecular weight is 254 g/mol. The van der Waals surface area contributed by atoms with Gasteiger partial charge in [-0.15, -0.1) is 0 Å². The number of nitrogens with zero attached hydrogens (tertiary/aromatic N) is 1. The second-order valence-electron chi connectivity index (χ2n) is 4.36. The standard InChI is InChI=1S/C12H18N2O4/c1-9-4-3-7-14(8-9)12(18)13-10(15)5-2-6-11(16)17/h4H,2-3,5-8H2,1H3,(H,16,17)(H,13,15,18). The van der Waals surface area contributed by atoms with Gasteiger partial charge >= 0.3 is 12.0 Å². The molecule has 0 aromatic heterocycles. The third-order valence-corrected chi connectivity index (χ3v) is 2.66. The van der Waals surface area contributed by atoms with Crippen LogP contribution in [0.3, 0.4) is 0 Å². The van der Waals surface area contributed by atoms with Crippen LogP contribution in [0.25, 0.3) is 0 Å². The van der Waals surface area contributed by atoms with E-state index in [1.54, 1.807) is 4.90 Å². The predicted molar refractivity (Wildman–Crippen MR) is 65.0 cm³/mol. The SMILES string of the molecule is CC1=CCCN(C(=O)NC(=O)CCCC(=O)O)C1. The van der Waals surface area contributed by atoms with Crippen LogP contribution in [0.1, 0.15) is 32.6 Å². The Morgan fingerprint density at radius 1 is 1.39 bits per heavy atom. The zero-order valence-corrected chi connectivity index (χ0v) is 10.4. The molecule has 0 saturated carbocycles. The molecule has 1 aliphatic heterocycles. The van der Waals surface area contributed by atoms with Crippen molar-refractivity contribution in [2.75, 3.05) is 13.1 Å². The van der Waals surface area contributed by atoms with Gasteiger partial charge in [0.2, 0.25) is 5.91 Å². The summed E-state index contributed by atoms with van der Waals surface area (Å²) in [6.45, 7) is 3.08. The van der Waals surface area contributed by atoms with Crippen LogP contribution in [0, 0.1) is 0 Å². The fraction of sp³-hybridized carbons (Fsp3) is 0.583. The minimum absolute atomic E-state index is 0.0563. The lowest BCUT2D eigenvalue weighted by molar-refractivity contribution is -0.137. The van der Waals surface area contributed by atoms with Crippen LogP contribution in [0.5, 0.6) is 0 Å². The van der Waals surface area contributed by atoms with Gasteiger partial charge in [-0.05, 0) is 19.8 Å². The summed E-state index contributed by atoms with van der Waals surface area (Å²) < 4.78 is 0. The third kappa shape index (κ3) is 4.99. The smallest absolute Gasteiger partial charge is 0.324 e. The molecule has 0 bridgehead atoms. The molecule has 0 radical (unpaired) electrons. The summed E-state index contributed by atoms with van der Waals surface area (Å²) in [6, 6.07) is -0.400. The van der Waals surface area contributed by atoms with Crippen molar-refractivity contribution in [3.63, 3.8) is 0 Å². The average Bonchev–Trinajstić information content (AvgIpc) is 2.28.